The molecule has 0 unspecified atom stereocenters. The summed E-state index contributed by atoms with van der Waals surface area (Å²) < 4.78 is 0. The molecular weight excluding hydrogens is 160 g/mol. The summed E-state index contributed by atoms with van der Waals surface area (Å²) in [5, 5.41) is 0. The van der Waals surface area contributed by atoms with Crippen molar-refractivity contribution in [2.24, 2.45) is 5.73 Å². The molecule has 0 amide bonds. The van der Waals surface area contributed by atoms with Crippen LogP contribution in [0, 0.1) is 0 Å². The van der Waals surface area contributed by atoms with Gasteiger partial charge in [0.05, 0.1) is 0 Å². The number of nitrogens with one attached hydrogen (secondary N) is 1. The molecule has 1 heterocycles. The molecule has 0 spiro atoms. The molecule has 0 aliphatic rings. The highest BCUT2D eigenvalue weighted by atomic mass is 14.7. The number of benzene rings is 1. The topological polar surface area (TPSA) is 41.8 Å². The summed E-state index contributed by atoms with van der Waals surface area (Å²) in [6.45, 7) is 0.587. The van der Waals surface area contributed by atoms with Gasteiger partial charge in [0.15, 0.2) is 0 Å². The Morgan fingerprint density at radius 1 is 1.15 bits per heavy atom. The first-order chi connectivity index (χ1) is 6.40. The first-order valence-electron chi connectivity index (χ1n) is 4.33. The maximum absolute atomic E-state index is 5.52. The minimum absolute atomic E-state index is 0.587. The van der Waals surface area contributed by atoms with Crippen molar-refractivity contribution >= 4 is 0 Å². The average molecular weight is 172 g/mol. The molecule has 0 saturated carbocycles. The van der Waals surface area contributed by atoms with Crippen LogP contribution in [-0.2, 0) is 6.54 Å². The highest BCUT2D eigenvalue weighted by Crippen LogP contribution is 2.17. The molecule has 0 atom stereocenters. The molecular formula is C11H12N2. The van der Waals surface area contributed by atoms with Crippen molar-refractivity contribution in [1.29, 1.82) is 0 Å². The number of rotatable bonds is 2. The second kappa shape index (κ2) is 3.46. The lowest BCUT2D eigenvalue weighted by Gasteiger charge is -1.94. The molecule has 2 heteroatoms. The molecule has 0 bridgehead atoms. The third kappa shape index (κ3) is 1.63. The van der Waals surface area contributed by atoms with E-state index < -0.39 is 0 Å². The zero-order valence-corrected chi connectivity index (χ0v) is 7.33. The second-order valence-corrected chi connectivity index (χ2v) is 2.99. The molecule has 1 aromatic heterocycles. The number of hydrogen-bond acceptors (Lipinski definition) is 1. The Hall–Kier alpha value is -1.54. The van der Waals surface area contributed by atoms with Gasteiger partial charge in [-0.05, 0) is 17.2 Å². The fraction of sp³-hybridized carbons (Fsp3) is 0.0909. The van der Waals surface area contributed by atoms with Crippen LogP contribution in [0.1, 0.15) is 5.56 Å². The van der Waals surface area contributed by atoms with Gasteiger partial charge in [-0.25, -0.2) is 0 Å². The molecule has 2 aromatic rings. The van der Waals surface area contributed by atoms with Gasteiger partial charge in [0.25, 0.3) is 0 Å². The Balaban J connectivity index is 2.36. The van der Waals surface area contributed by atoms with Crippen LogP contribution in [0.3, 0.4) is 0 Å². The third-order valence-corrected chi connectivity index (χ3v) is 2.06. The first kappa shape index (κ1) is 8.08. The minimum Gasteiger partial charge on any atom is -0.361 e. The molecule has 2 nitrogen and oxygen atoms in total. The molecule has 66 valence electrons. The molecule has 2 rings (SSSR count). The molecule has 0 aliphatic carbocycles. The van der Waals surface area contributed by atoms with Crippen molar-refractivity contribution < 1.29 is 0 Å². The lowest BCUT2D eigenvalue weighted by Crippen LogP contribution is -1.92. The van der Waals surface area contributed by atoms with Crippen molar-refractivity contribution in [2.45, 2.75) is 6.54 Å². The Kier molecular flexibility index (Phi) is 2.15. The van der Waals surface area contributed by atoms with E-state index in [2.05, 4.69) is 23.2 Å². The average Bonchev–Trinajstić information content (AvgIpc) is 2.67. The zero-order chi connectivity index (χ0) is 9.10. The summed E-state index contributed by atoms with van der Waals surface area (Å²) >= 11 is 0. The molecule has 3 N–H and O–H groups in total. The van der Waals surface area contributed by atoms with E-state index in [1.54, 1.807) is 0 Å². The van der Waals surface area contributed by atoms with Crippen LogP contribution >= 0.6 is 0 Å². The highest BCUT2D eigenvalue weighted by molar-refractivity contribution is 5.59. The van der Waals surface area contributed by atoms with Crippen molar-refractivity contribution in [3.05, 3.63) is 48.2 Å². The van der Waals surface area contributed by atoms with Crippen LogP contribution in [0.25, 0.3) is 11.3 Å². The normalized spacial score (nSPS) is 10.2. The van der Waals surface area contributed by atoms with Crippen molar-refractivity contribution in [3.63, 3.8) is 0 Å². The second-order valence-electron chi connectivity index (χ2n) is 2.99. The molecule has 13 heavy (non-hydrogen) atoms. The predicted molar refractivity (Wildman–Crippen MR) is 54.1 cm³/mol. The van der Waals surface area contributed by atoms with Gasteiger partial charge in [0.1, 0.15) is 0 Å². The van der Waals surface area contributed by atoms with E-state index in [0.717, 1.165) is 11.3 Å². The van der Waals surface area contributed by atoms with E-state index >= 15 is 0 Å². The van der Waals surface area contributed by atoms with Crippen LogP contribution in [0.4, 0.5) is 0 Å². The van der Waals surface area contributed by atoms with Crippen LogP contribution in [-0.4, -0.2) is 4.98 Å². The Labute approximate surface area is 77.4 Å². The van der Waals surface area contributed by atoms with E-state index in [-0.39, 0.29) is 0 Å². The largest absolute Gasteiger partial charge is 0.361 e. The van der Waals surface area contributed by atoms with E-state index in [1.807, 2.05) is 24.4 Å². The number of aromatic nitrogens is 1. The third-order valence-electron chi connectivity index (χ3n) is 2.06. The number of H-pyrrole nitrogens is 1. The fourth-order valence-corrected chi connectivity index (χ4v) is 1.34. The van der Waals surface area contributed by atoms with Gasteiger partial charge >= 0.3 is 0 Å². The minimum atomic E-state index is 0.587. The molecule has 0 fully saturated rings. The van der Waals surface area contributed by atoms with Gasteiger partial charge in [-0.2, -0.15) is 0 Å². The highest BCUT2D eigenvalue weighted by Gasteiger charge is 1.98. The molecule has 1 aromatic carbocycles. The van der Waals surface area contributed by atoms with E-state index in [0.29, 0.717) is 6.54 Å². The Bertz CT molecular complexity index is 376. The maximum atomic E-state index is 5.52. The molecule has 0 aliphatic heterocycles. The van der Waals surface area contributed by atoms with Crippen LogP contribution in [0.2, 0.25) is 0 Å². The number of nitrogens with two attached hydrogens (primary N) is 1. The van der Waals surface area contributed by atoms with Crippen LogP contribution in [0.15, 0.2) is 42.6 Å². The lowest BCUT2D eigenvalue weighted by molar-refractivity contribution is 1.07. The Morgan fingerprint density at radius 2 is 1.92 bits per heavy atom. The van der Waals surface area contributed by atoms with Gasteiger partial charge in [-0.15, -0.1) is 0 Å². The summed E-state index contributed by atoms with van der Waals surface area (Å²) in [4.78, 5) is 3.19. The van der Waals surface area contributed by atoms with Gasteiger partial charge in [-0.3, -0.25) is 0 Å². The quantitative estimate of drug-likeness (QED) is 0.716. The first-order valence-corrected chi connectivity index (χ1v) is 4.33. The van der Waals surface area contributed by atoms with Crippen molar-refractivity contribution in [2.75, 3.05) is 0 Å². The summed E-state index contributed by atoms with van der Waals surface area (Å²) in [7, 11) is 0. The molecule has 0 saturated heterocycles. The number of aromatic amines is 1. The Morgan fingerprint density at radius 3 is 2.54 bits per heavy atom. The van der Waals surface area contributed by atoms with E-state index in [9.17, 15) is 0 Å². The van der Waals surface area contributed by atoms with Gasteiger partial charge in [0.2, 0.25) is 0 Å². The van der Waals surface area contributed by atoms with E-state index in [4.69, 9.17) is 5.73 Å². The smallest absolute Gasteiger partial charge is 0.0457 e. The van der Waals surface area contributed by atoms with Gasteiger partial charge in [0, 0.05) is 18.4 Å². The monoisotopic (exact) mass is 172 g/mol. The van der Waals surface area contributed by atoms with Crippen LogP contribution in [0.5, 0.6) is 0 Å². The lowest BCUT2D eigenvalue weighted by atomic mass is 10.1. The van der Waals surface area contributed by atoms with Crippen molar-refractivity contribution in [1.82, 2.24) is 4.98 Å². The van der Waals surface area contributed by atoms with Crippen LogP contribution < -0.4 is 5.73 Å². The fourth-order valence-electron chi connectivity index (χ4n) is 1.34. The summed E-state index contributed by atoms with van der Waals surface area (Å²) in [6.07, 6.45) is 1.95. The summed E-state index contributed by atoms with van der Waals surface area (Å²) in [6, 6.07) is 12.3. The maximum Gasteiger partial charge on any atom is 0.0457 e. The predicted octanol–water partition coefficient (Wildman–Crippen LogP) is 2.14. The molecule has 0 radical (unpaired) electrons. The van der Waals surface area contributed by atoms with Gasteiger partial charge < -0.3 is 10.7 Å². The number of hydrogen-bond donors (Lipinski definition) is 2. The zero-order valence-electron chi connectivity index (χ0n) is 7.33. The standard InChI is InChI=1S/C11H12N2/c12-7-9-6-11(13-8-9)10-4-2-1-3-5-10/h1-6,8,13H,7,12H2. The van der Waals surface area contributed by atoms with Gasteiger partial charge in [-0.1, -0.05) is 30.3 Å². The summed E-state index contributed by atoms with van der Waals surface area (Å²) in [5.74, 6) is 0. The van der Waals surface area contributed by atoms with Crippen molar-refractivity contribution in [3.8, 4) is 11.3 Å². The van der Waals surface area contributed by atoms with E-state index in [1.165, 1.54) is 5.56 Å². The SMILES string of the molecule is NCc1c[nH]c(-c2ccccc2)c1. The summed E-state index contributed by atoms with van der Waals surface area (Å²) in [5.41, 5.74) is 8.98.